The number of fused-ring (bicyclic) bond motifs is 3. The summed E-state index contributed by atoms with van der Waals surface area (Å²) in [6, 6.07) is 9.47. The SMILES string of the molecule is COc1ccc(Cl)c2c1[nH]c1nc(SCC(=O)Nc3cc(C)ccc3C)nnc12. The molecule has 0 fully saturated rings. The van der Waals surface area contributed by atoms with E-state index in [0.29, 0.717) is 38.0 Å². The molecule has 2 N–H and O–H groups in total. The number of hydrogen-bond donors (Lipinski definition) is 2. The van der Waals surface area contributed by atoms with Crippen LogP contribution in [0.1, 0.15) is 11.1 Å². The predicted octanol–water partition coefficient (Wildman–Crippen LogP) is 4.52. The molecule has 7 nitrogen and oxygen atoms in total. The van der Waals surface area contributed by atoms with Gasteiger partial charge in [0, 0.05) is 5.69 Å². The van der Waals surface area contributed by atoms with E-state index >= 15 is 0 Å². The highest BCUT2D eigenvalue weighted by Gasteiger charge is 2.16. The molecule has 4 rings (SSSR count). The molecule has 148 valence electrons. The summed E-state index contributed by atoms with van der Waals surface area (Å²) >= 11 is 7.54. The maximum atomic E-state index is 12.3. The average molecular weight is 428 g/mol. The smallest absolute Gasteiger partial charge is 0.234 e. The molecule has 2 aromatic heterocycles. The fourth-order valence-corrected chi connectivity index (χ4v) is 3.85. The number of thioether (sulfide) groups is 1. The molecule has 0 radical (unpaired) electrons. The van der Waals surface area contributed by atoms with Crippen LogP contribution in [-0.4, -0.2) is 38.9 Å². The Bertz CT molecular complexity index is 1240. The van der Waals surface area contributed by atoms with Crippen LogP contribution in [0.3, 0.4) is 0 Å². The Kier molecular flexibility index (Phi) is 5.29. The van der Waals surface area contributed by atoms with Crippen molar-refractivity contribution in [2.24, 2.45) is 0 Å². The number of anilines is 1. The molecule has 1 amide bonds. The van der Waals surface area contributed by atoms with Gasteiger partial charge in [0.05, 0.1) is 28.8 Å². The number of H-pyrrole nitrogens is 1. The van der Waals surface area contributed by atoms with E-state index in [0.717, 1.165) is 16.8 Å². The van der Waals surface area contributed by atoms with Gasteiger partial charge in [0.15, 0.2) is 5.65 Å². The number of carbonyl (C=O) groups is 1. The van der Waals surface area contributed by atoms with E-state index in [9.17, 15) is 4.79 Å². The number of rotatable bonds is 5. The van der Waals surface area contributed by atoms with Crippen molar-refractivity contribution in [3.63, 3.8) is 0 Å². The topological polar surface area (TPSA) is 92.8 Å². The Morgan fingerprint density at radius 1 is 1.24 bits per heavy atom. The van der Waals surface area contributed by atoms with Gasteiger partial charge in [-0.15, -0.1) is 10.2 Å². The number of aromatic amines is 1. The summed E-state index contributed by atoms with van der Waals surface area (Å²) in [5, 5.41) is 13.0. The summed E-state index contributed by atoms with van der Waals surface area (Å²) in [7, 11) is 1.59. The van der Waals surface area contributed by atoms with Gasteiger partial charge in [-0.1, -0.05) is 35.5 Å². The first-order chi connectivity index (χ1) is 14.0. The fraction of sp³-hybridized carbons (Fsp3) is 0.200. The third kappa shape index (κ3) is 3.86. The number of nitrogens with one attached hydrogen (secondary N) is 2. The minimum absolute atomic E-state index is 0.131. The largest absolute Gasteiger partial charge is 0.495 e. The van der Waals surface area contributed by atoms with Crippen molar-refractivity contribution in [3.05, 3.63) is 46.5 Å². The molecule has 2 aromatic carbocycles. The number of amides is 1. The maximum Gasteiger partial charge on any atom is 0.234 e. The van der Waals surface area contributed by atoms with Crippen LogP contribution in [0.4, 0.5) is 5.69 Å². The van der Waals surface area contributed by atoms with Gasteiger partial charge in [0.1, 0.15) is 11.3 Å². The van der Waals surface area contributed by atoms with E-state index < -0.39 is 0 Å². The molecule has 29 heavy (non-hydrogen) atoms. The first kappa shape index (κ1) is 19.5. The molecule has 0 aliphatic carbocycles. The number of ether oxygens (including phenoxy) is 1. The predicted molar refractivity (Wildman–Crippen MR) is 116 cm³/mol. The van der Waals surface area contributed by atoms with E-state index in [-0.39, 0.29) is 11.7 Å². The van der Waals surface area contributed by atoms with Crippen LogP contribution in [0, 0.1) is 13.8 Å². The van der Waals surface area contributed by atoms with Crippen LogP contribution < -0.4 is 10.1 Å². The van der Waals surface area contributed by atoms with Crippen molar-refractivity contribution in [1.82, 2.24) is 20.2 Å². The summed E-state index contributed by atoms with van der Waals surface area (Å²) in [6.07, 6.45) is 0. The zero-order valence-electron chi connectivity index (χ0n) is 16.0. The first-order valence-electron chi connectivity index (χ1n) is 8.84. The van der Waals surface area contributed by atoms with E-state index in [1.54, 1.807) is 19.2 Å². The molecule has 0 spiro atoms. The van der Waals surface area contributed by atoms with E-state index in [4.69, 9.17) is 16.3 Å². The Balaban J connectivity index is 1.54. The lowest BCUT2D eigenvalue weighted by Gasteiger charge is -2.08. The second kappa shape index (κ2) is 7.88. The van der Waals surface area contributed by atoms with Gasteiger partial charge in [0.2, 0.25) is 11.1 Å². The Labute approximate surface area is 176 Å². The third-order valence-electron chi connectivity index (χ3n) is 4.48. The van der Waals surface area contributed by atoms with Crippen LogP contribution >= 0.6 is 23.4 Å². The normalized spacial score (nSPS) is 11.2. The molecular weight excluding hydrogens is 410 g/mol. The Morgan fingerprint density at radius 2 is 2.07 bits per heavy atom. The lowest BCUT2D eigenvalue weighted by atomic mass is 10.1. The zero-order chi connectivity index (χ0) is 20.5. The maximum absolute atomic E-state index is 12.3. The molecular formula is C20H18ClN5O2S. The van der Waals surface area contributed by atoms with Gasteiger partial charge in [0.25, 0.3) is 0 Å². The van der Waals surface area contributed by atoms with Gasteiger partial charge in [-0.05, 0) is 43.2 Å². The molecule has 0 bridgehead atoms. The fourth-order valence-electron chi connectivity index (χ4n) is 3.02. The van der Waals surface area contributed by atoms with Crippen LogP contribution in [-0.2, 0) is 4.79 Å². The number of halogens is 1. The van der Waals surface area contributed by atoms with Gasteiger partial charge < -0.3 is 15.0 Å². The van der Waals surface area contributed by atoms with Crippen molar-refractivity contribution in [1.29, 1.82) is 0 Å². The number of nitrogens with zero attached hydrogens (tertiary/aromatic N) is 3. The summed E-state index contributed by atoms with van der Waals surface area (Å²) < 4.78 is 5.37. The van der Waals surface area contributed by atoms with Crippen molar-refractivity contribution >= 4 is 57.0 Å². The Hall–Kier alpha value is -2.84. The molecule has 0 atom stereocenters. The highest BCUT2D eigenvalue weighted by Crippen LogP contribution is 2.35. The highest BCUT2D eigenvalue weighted by molar-refractivity contribution is 7.99. The summed E-state index contributed by atoms with van der Waals surface area (Å²) in [6.45, 7) is 3.94. The number of carbonyl (C=O) groups excluding carboxylic acids is 1. The van der Waals surface area contributed by atoms with Crippen LogP contribution in [0.5, 0.6) is 5.75 Å². The van der Waals surface area contributed by atoms with Gasteiger partial charge in [-0.25, -0.2) is 4.98 Å². The number of aryl methyl sites for hydroxylation is 2. The lowest BCUT2D eigenvalue weighted by molar-refractivity contribution is -0.113. The lowest BCUT2D eigenvalue weighted by Crippen LogP contribution is -2.15. The second-order valence-corrected chi connectivity index (χ2v) is 7.92. The van der Waals surface area contributed by atoms with Gasteiger partial charge in [-0.2, -0.15) is 0 Å². The zero-order valence-corrected chi connectivity index (χ0v) is 17.6. The summed E-state index contributed by atoms with van der Waals surface area (Å²) in [5.74, 6) is 0.685. The molecule has 9 heteroatoms. The van der Waals surface area contributed by atoms with Crippen LogP contribution in [0.25, 0.3) is 22.1 Å². The van der Waals surface area contributed by atoms with Crippen LogP contribution in [0.2, 0.25) is 5.02 Å². The molecule has 0 saturated heterocycles. The monoisotopic (exact) mass is 427 g/mol. The van der Waals surface area contributed by atoms with E-state index in [1.807, 2.05) is 32.0 Å². The molecule has 0 unspecified atom stereocenters. The number of methoxy groups -OCH3 is 1. The third-order valence-corrected chi connectivity index (χ3v) is 5.64. The van der Waals surface area contributed by atoms with Crippen molar-refractivity contribution < 1.29 is 9.53 Å². The van der Waals surface area contributed by atoms with Crippen molar-refractivity contribution in [2.45, 2.75) is 19.0 Å². The summed E-state index contributed by atoms with van der Waals surface area (Å²) in [5.41, 5.74) is 4.72. The van der Waals surface area contributed by atoms with Gasteiger partial charge in [-0.3, -0.25) is 4.79 Å². The number of hydrogen-bond acceptors (Lipinski definition) is 6. The van der Waals surface area contributed by atoms with Crippen molar-refractivity contribution in [2.75, 3.05) is 18.2 Å². The van der Waals surface area contributed by atoms with Crippen molar-refractivity contribution in [3.8, 4) is 5.75 Å². The van der Waals surface area contributed by atoms with E-state index in [1.165, 1.54) is 11.8 Å². The molecule has 0 aliphatic heterocycles. The molecule has 4 aromatic rings. The quantitative estimate of drug-likeness (QED) is 0.455. The van der Waals surface area contributed by atoms with E-state index in [2.05, 4.69) is 25.5 Å². The molecule has 2 heterocycles. The highest BCUT2D eigenvalue weighted by atomic mass is 35.5. The number of aromatic nitrogens is 4. The summed E-state index contributed by atoms with van der Waals surface area (Å²) in [4.78, 5) is 20.0. The minimum Gasteiger partial charge on any atom is -0.495 e. The van der Waals surface area contributed by atoms with Crippen LogP contribution in [0.15, 0.2) is 35.5 Å². The standard InChI is InChI=1S/C20H18ClN5O2S/c1-10-4-5-11(2)13(8-10)22-15(27)9-29-20-24-19-18(25-26-20)16-12(21)6-7-14(28-3)17(16)23-19/h4-8H,9H2,1-3H3,(H,22,27)(H,23,24,26). The second-order valence-electron chi connectivity index (χ2n) is 6.57. The molecule has 0 saturated carbocycles. The van der Waals surface area contributed by atoms with Gasteiger partial charge >= 0.3 is 0 Å². The Morgan fingerprint density at radius 3 is 2.86 bits per heavy atom. The minimum atomic E-state index is -0.131. The molecule has 0 aliphatic rings. The first-order valence-corrected chi connectivity index (χ1v) is 10.2. The number of benzene rings is 2. The average Bonchev–Trinajstić information content (AvgIpc) is 3.09.